The van der Waals surface area contributed by atoms with Gasteiger partial charge in [-0.2, -0.15) is 13.2 Å². The topological polar surface area (TPSA) is 80.3 Å². The van der Waals surface area contributed by atoms with Gasteiger partial charge >= 0.3 is 6.18 Å². The fraction of sp³-hybridized carbons (Fsp3) is 0.278. The molecule has 3 rings (SSSR count). The number of Topliss-reactive ketones (excluding diaryl/α,β-unsaturated/α-hetero) is 2. The van der Waals surface area contributed by atoms with Crippen molar-refractivity contribution in [2.75, 3.05) is 0 Å². The van der Waals surface area contributed by atoms with Crippen molar-refractivity contribution in [2.45, 2.75) is 30.5 Å². The molecular formula is C18H14F3NO4S. The Labute approximate surface area is 154 Å². The lowest BCUT2D eigenvalue weighted by atomic mass is 9.92. The molecule has 1 aliphatic heterocycles. The van der Waals surface area contributed by atoms with E-state index in [0.29, 0.717) is 15.4 Å². The molecule has 9 heteroatoms. The molecule has 0 fully saturated rings. The van der Waals surface area contributed by atoms with Gasteiger partial charge in [-0.3, -0.25) is 14.4 Å². The maximum Gasteiger partial charge on any atom is 0.389 e. The molecule has 2 aliphatic rings. The van der Waals surface area contributed by atoms with Crippen LogP contribution in [-0.2, 0) is 25.2 Å². The van der Waals surface area contributed by atoms with Gasteiger partial charge in [0.2, 0.25) is 5.78 Å². The summed E-state index contributed by atoms with van der Waals surface area (Å²) in [5.74, 6) is -4.62. The van der Waals surface area contributed by atoms with Crippen molar-refractivity contribution in [2.24, 2.45) is 5.92 Å². The number of carbonyl (C=O) groups excluding carboxylic acids is 3. The van der Waals surface area contributed by atoms with Crippen LogP contribution in [0.15, 0.2) is 46.2 Å². The minimum atomic E-state index is -4.58. The summed E-state index contributed by atoms with van der Waals surface area (Å²) in [6.45, 7) is 1.00. The Morgan fingerprint density at radius 3 is 2.59 bits per heavy atom. The van der Waals surface area contributed by atoms with E-state index in [0.717, 1.165) is 6.92 Å². The molecule has 1 aliphatic carbocycles. The molecule has 3 unspecified atom stereocenters. The molecule has 1 amide bonds. The van der Waals surface area contributed by atoms with Gasteiger partial charge in [0, 0.05) is 17.1 Å². The van der Waals surface area contributed by atoms with Crippen LogP contribution in [0.5, 0.6) is 0 Å². The summed E-state index contributed by atoms with van der Waals surface area (Å²) in [6, 6.07) is 5.40. The Hall–Kier alpha value is -2.55. The first-order valence-electron chi connectivity index (χ1n) is 7.99. The van der Waals surface area contributed by atoms with E-state index in [1.165, 1.54) is 12.2 Å². The second kappa shape index (κ2) is 6.88. The number of alkyl halides is 3. The zero-order chi connectivity index (χ0) is 19.9. The van der Waals surface area contributed by atoms with Gasteiger partial charge in [0.25, 0.3) is 5.91 Å². The highest BCUT2D eigenvalue weighted by molar-refractivity contribution is 7.90. The first kappa shape index (κ1) is 19.2. The monoisotopic (exact) mass is 397 g/mol. The van der Waals surface area contributed by atoms with Crippen molar-refractivity contribution in [3.05, 3.63) is 46.9 Å². The predicted molar refractivity (Wildman–Crippen MR) is 90.7 cm³/mol. The highest BCUT2D eigenvalue weighted by Crippen LogP contribution is 2.40. The van der Waals surface area contributed by atoms with Crippen molar-refractivity contribution >= 4 is 33.8 Å². The maximum atomic E-state index is 12.7. The summed E-state index contributed by atoms with van der Waals surface area (Å²) in [5, 5.41) is 2.17. The van der Waals surface area contributed by atoms with Crippen LogP contribution >= 0.6 is 0 Å². The van der Waals surface area contributed by atoms with Crippen LogP contribution in [0, 0.1) is 5.92 Å². The third-order valence-electron chi connectivity index (χ3n) is 4.27. The fourth-order valence-corrected chi connectivity index (χ4v) is 4.40. The van der Waals surface area contributed by atoms with E-state index in [4.69, 9.17) is 0 Å². The minimum absolute atomic E-state index is 0.188. The number of nitrogens with one attached hydrogen (secondary N) is 1. The number of allylic oxidation sites excluding steroid dienone is 1. The van der Waals surface area contributed by atoms with Crippen LogP contribution in [0.25, 0.3) is 5.57 Å². The Morgan fingerprint density at radius 2 is 1.93 bits per heavy atom. The van der Waals surface area contributed by atoms with Crippen LogP contribution < -0.4 is 5.32 Å². The highest BCUT2D eigenvalue weighted by atomic mass is 32.2. The first-order valence-corrected chi connectivity index (χ1v) is 9.14. The zero-order valence-corrected chi connectivity index (χ0v) is 14.8. The molecule has 5 nitrogen and oxygen atoms in total. The molecule has 27 heavy (non-hydrogen) atoms. The van der Waals surface area contributed by atoms with Gasteiger partial charge in [-0.25, -0.2) is 4.21 Å². The molecule has 0 radical (unpaired) electrons. The van der Waals surface area contributed by atoms with E-state index in [-0.39, 0.29) is 5.57 Å². The van der Waals surface area contributed by atoms with Crippen molar-refractivity contribution in [3.63, 3.8) is 0 Å². The fourth-order valence-electron chi connectivity index (χ4n) is 2.99. The number of hydrogen-bond acceptors (Lipinski definition) is 4. The number of halogens is 3. The van der Waals surface area contributed by atoms with Crippen LogP contribution in [0.2, 0.25) is 0 Å². The highest BCUT2D eigenvalue weighted by Gasteiger charge is 2.39. The Bertz CT molecular complexity index is 933. The molecule has 1 aromatic carbocycles. The van der Waals surface area contributed by atoms with Gasteiger partial charge in [0.1, 0.15) is 6.04 Å². The van der Waals surface area contributed by atoms with Gasteiger partial charge < -0.3 is 5.32 Å². The molecule has 0 bridgehead atoms. The lowest BCUT2D eigenvalue weighted by Crippen LogP contribution is -2.45. The molecule has 0 saturated heterocycles. The molecule has 142 valence electrons. The van der Waals surface area contributed by atoms with Gasteiger partial charge in [0.15, 0.2) is 5.78 Å². The number of fused-ring (bicyclic) bond motifs is 2. The third kappa shape index (κ3) is 3.64. The summed E-state index contributed by atoms with van der Waals surface area (Å²) < 4.78 is 49.6. The minimum Gasteiger partial charge on any atom is -0.336 e. The Morgan fingerprint density at radius 1 is 1.26 bits per heavy atom. The largest absolute Gasteiger partial charge is 0.389 e. The normalized spacial score (nSPS) is 22.3. The second-order valence-corrected chi connectivity index (χ2v) is 7.68. The van der Waals surface area contributed by atoms with E-state index in [1.807, 2.05) is 0 Å². The molecular weight excluding hydrogens is 383 g/mol. The van der Waals surface area contributed by atoms with Crippen molar-refractivity contribution in [1.82, 2.24) is 5.32 Å². The van der Waals surface area contributed by atoms with Crippen molar-refractivity contribution in [1.29, 1.82) is 0 Å². The molecule has 1 aromatic rings. The van der Waals surface area contributed by atoms with Crippen molar-refractivity contribution in [3.8, 4) is 0 Å². The number of benzene rings is 1. The molecule has 0 aromatic heterocycles. The average Bonchev–Trinajstić information content (AvgIpc) is 2.88. The van der Waals surface area contributed by atoms with Crippen molar-refractivity contribution < 1.29 is 31.8 Å². The van der Waals surface area contributed by atoms with E-state index in [1.54, 1.807) is 24.3 Å². The Kier molecular flexibility index (Phi) is 4.90. The zero-order valence-electron chi connectivity index (χ0n) is 14.0. The molecule has 0 saturated carbocycles. The lowest BCUT2D eigenvalue weighted by Gasteiger charge is -2.19. The third-order valence-corrected chi connectivity index (χ3v) is 5.76. The maximum absolute atomic E-state index is 12.7. The van der Waals surface area contributed by atoms with Gasteiger partial charge in [-0.15, -0.1) is 0 Å². The summed E-state index contributed by atoms with van der Waals surface area (Å²) in [6.07, 6.45) is -3.28. The summed E-state index contributed by atoms with van der Waals surface area (Å²) in [7, 11) is -1.52. The SMILES string of the molecule is CC(CC(F)(F)F)C(=O)C(=O)NC1C=CC2=C(C1=O)c1ccccc1S2=O. The van der Waals surface area contributed by atoms with Crippen LogP contribution in [0.3, 0.4) is 0 Å². The summed E-state index contributed by atoms with van der Waals surface area (Å²) >= 11 is 0. The summed E-state index contributed by atoms with van der Waals surface area (Å²) in [4.78, 5) is 37.4. The van der Waals surface area contributed by atoms with E-state index >= 15 is 0 Å². The average molecular weight is 397 g/mol. The van der Waals surface area contributed by atoms with E-state index in [2.05, 4.69) is 5.32 Å². The number of rotatable bonds is 4. The molecule has 0 spiro atoms. The van der Waals surface area contributed by atoms with Gasteiger partial charge in [-0.05, 0) is 12.1 Å². The van der Waals surface area contributed by atoms with Crippen LogP contribution in [0.4, 0.5) is 13.2 Å². The quantitative estimate of drug-likeness (QED) is 0.791. The molecule has 1 heterocycles. The number of ketones is 2. The Balaban J connectivity index is 1.76. The predicted octanol–water partition coefficient (Wildman–Crippen LogP) is 2.30. The van der Waals surface area contributed by atoms with Gasteiger partial charge in [-0.1, -0.05) is 31.2 Å². The second-order valence-electron chi connectivity index (χ2n) is 6.26. The smallest absolute Gasteiger partial charge is 0.336 e. The lowest BCUT2D eigenvalue weighted by molar-refractivity contribution is -0.155. The number of amides is 1. The van der Waals surface area contributed by atoms with E-state index in [9.17, 15) is 31.8 Å². The van der Waals surface area contributed by atoms with Crippen LogP contribution in [-0.4, -0.2) is 33.9 Å². The van der Waals surface area contributed by atoms with E-state index < -0.39 is 52.8 Å². The first-order chi connectivity index (χ1) is 12.6. The van der Waals surface area contributed by atoms with Gasteiger partial charge in [0.05, 0.1) is 27.0 Å². The number of carbonyl (C=O) groups is 3. The van der Waals surface area contributed by atoms with Crippen LogP contribution in [0.1, 0.15) is 18.9 Å². The number of hydrogen-bond donors (Lipinski definition) is 1. The summed E-state index contributed by atoms with van der Waals surface area (Å²) in [5.41, 5.74) is 0.670. The molecule has 3 atom stereocenters. The molecule has 1 N–H and O–H groups in total. The standard InChI is InChI=1S/C18H14F3NO4S/c1-9(8-18(19,20)21)15(23)17(25)22-11-6-7-13-14(16(11)24)10-4-2-3-5-12(10)27(13)26/h2-7,9,11H,8H2,1H3,(H,22,25).